The van der Waals surface area contributed by atoms with Crippen molar-refractivity contribution in [3.63, 3.8) is 0 Å². The van der Waals surface area contributed by atoms with E-state index in [0.717, 1.165) is 27.5 Å². The van der Waals surface area contributed by atoms with Gasteiger partial charge in [0.05, 0.1) is 11.3 Å². The SMILES string of the molecule is Cc1cc2nn(-c3cccc4ccccc34)nc2cc1NC(=S)NC(=O)c1ccccc1F. The summed E-state index contributed by atoms with van der Waals surface area (Å²) < 4.78 is 13.9. The third kappa shape index (κ3) is 4.04. The van der Waals surface area contributed by atoms with Crippen LogP contribution < -0.4 is 10.6 Å². The quantitative estimate of drug-likeness (QED) is 0.368. The topological polar surface area (TPSA) is 71.8 Å². The van der Waals surface area contributed by atoms with Crippen LogP contribution in [-0.2, 0) is 0 Å². The van der Waals surface area contributed by atoms with E-state index in [0.29, 0.717) is 11.2 Å². The van der Waals surface area contributed by atoms with Crippen LogP contribution in [0.25, 0.3) is 27.5 Å². The summed E-state index contributed by atoms with van der Waals surface area (Å²) in [5.41, 5.74) is 3.74. The zero-order valence-corrected chi connectivity index (χ0v) is 18.4. The average molecular weight is 456 g/mol. The Morgan fingerprint density at radius 3 is 2.45 bits per heavy atom. The zero-order chi connectivity index (χ0) is 22.9. The number of aryl methyl sites for hydroxylation is 1. The highest BCUT2D eigenvalue weighted by atomic mass is 32.1. The minimum absolute atomic E-state index is 0.0622. The van der Waals surface area contributed by atoms with Crippen molar-refractivity contribution in [3.05, 3.63) is 95.8 Å². The second kappa shape index (κ2) is 8.40. The Labute approximate surface area is 194 Å². The lowest BCUT2D eigenvalue weighted by Crippen LogP contribution is -2.34. The van der Waals surface area contributed by atoms with Gasteiger partial charge in [0, 0.05) is 11.1 Å². The Balaban J connectivity index is 1.42. The van der Waals surface area contributed by atoms with E-state index in [1.165, 1.54) is 18.2 Å². The molecule has 0 spiro atoms. The Morgan fingerprint density at radius 1 is 0.939 bits per heavy atom. The summed E-state index contributed by atoms with van der Waals surface area (Å²) in [7, 11) is 0. The molecule has 8 heteroatoms. The van der Waals surface area contributed by atoms with E-state index in [-0.39, 0.29) is 10.7 Å². The summed E-state index contributed by atoms with van der Waals surface area (Å²) >= 11 is 5.27. The number of thiocarbonyl (C=S) groups is 1. The highest BCUT2D eigenvalue weighted by Gasteiger charge is 2.14. The molecule has 0 unspecified atom stereocenters. The number of amides is 1. The maximum absolute atomic E-state index is 13.9. The van der Waals surface area contributed by atoms with E-state index < -0.39 is 11.7 Å². The molecule has 1 heterocycles. The van der Waals surface area contributed by atoms with E-state index in [9.17, 15) is 9.18 Å². The number of nitrogens with zero attached hydrogens (tertiary/aromatic N) is 3. The number of nitrogens with one attached hydrogen (secondary N) is 2. The fourth-order valence-electron chi connectivity index (χ4n) is 3.66. The first-order chi connectivity index (χ1) is 16.0. The van der Waals surface area contributed by atoms with Gasteiger partial charge in [-0.2, -0.15) is 0 Å². The fraction of sp³-hybridized carbons (Fsp3) is 0.0400. The first kappa shape index (κ1) is 20.7. The number of hydrogen-bond donors (Lipinski definition) is 2. The Kier molecular flexibility index (Phi) is 5.27. The molecule has 4 aromatic carbocycles. The van der Waals surface area contributed by atoms with Crippen molar-refractivity contribution >= 4 is 50.7 Å². The van der Waals surface area contributed by atoms with Crippen LogP contribution in [0.1, 0.15) is 15.9 Å². The number of halogens is 1. The largest absolute Gasteiger partial charge is 0.332 e. The van der Waals surface area contributed by atoms with Crippen LogP contribution >= 0.6 is 12.2 Å². The molecule has 162 valence electrons. The Morgan fingerprint density at radius 2 is 1.64 bits per heavy atom. The second-order valence-corrected chi connectivity index (χ2v) is 7.94. The number of carbonyl (C=O) groups excluding carboxylic acids is 1. The number of anilines is 1. The van der Waals surface area contributed by atoms with Crippen LogP contribution in [-0.4, -0.2) is 26.0 Å². The summed E-state index contributed by atoms with van der Waals surface area (Å²) in [6, 6.07) is 23.5. The maximum atomic E-state index is 13.9. The van der Waals surface area contributed by atoms with Gasteiger partial charge in [0.1, 0.15) is 16.9 Å². The number of fused-ring (bicyclic) bond motifs is 2. The van der Waals surface area contributed by atoms with Gasteiger partial charge in [-0.25, -0.2) is 4.39 Å². The molecule has 6 nitrogen and oxygen atoms in total. The lowest BCUT2D eigenvalue weighted by Gasteiger charge is -2.12. The monoisotopic (exact) mass is 455 g/mol. The van der Waals surface area contributed by atoms with Gasteiger partial charge >= 0.3 is 0 Å². The minimum atomic E-state index is -0.619. The van der Waals surface area contributed by atoms with Crippen molar-refractivity contribution in [2.75, 3.05) is 5.32 Å². The zero-order valence-electron chi connectivity index (χ0n) is 17.5. The predicted octanol–water partition coefficient (Wildman–Crippen LogP) is 5.15. The fourth-order valence-corrected chi connectivity index (χ4v) is 3.87. The van der Waals surface area contributed by atoms with Gasteiger partial charge in [-0.1, -0.05) is 48.5 Å². The second-order valence-electron chi connectivity index (χ2n) is 7.53. The summed E-state index contributed by atoms with van der Waals surface area (Å²) in [5, 5.41) is 17.0. The van der Waals surface area contributed by atoms with Crippen molar-refractivity contribution in [1.82, 2.24) is 20.3 Å². The van der Waals surface area contributed by atoms with Crippen molar-refractivity contribution in [3.8, 4) is 5.69 Å². The minimum Gasteiger partial charge on any atom is -0.332 e. The van der Waals surface area contributed by atoms with Crippen molar-refractivity contribution < 1.29 is 9.18 Å². The highest BCUT2D eigenvalue weighted by Crippen LogP contribution is 2.25. The molecule has 5 rings (SSSR count). The van der Waals surface area contributed by atoms with Gasteiger partial charge in [0.2, 0.25) is 0 Å². The summed E-state index contributed by atoms with van der Waals surface area (Å²) in [5.74, 6) is -1.23. The molecule has 5 aromatic rings. The number of benzene rings is 4. The van der Waals surface area contributed by atoms with Crippen molar-refractivity contribution in [1.29, 1.82) is 0 Å². The molecular formula is C25H18FN5OS. The molecule has 0 saturated heterocycles. The van der Waals surface area contributed by atoms with Crippen LogP contribution in [0.3, 0.4) is 0 Å². The highest BCUT2D eigenvalue weighted by molar-refractivity contribution is 7.80. The number of aromatic nitrogens is 3. The van der Waals surface area contributed by atoms with Gasteiger partial charge in [-0.05, 0) is 60.4 Å². The van der Waals surface area contributed by atoms with E-state index in [2.05, 4.69) is 20.8 Å². The van der Waals surface area contributed by atoms with Crippen LogP contribution in [0.5, 0.6) is 0 Å². The normalized spacial score (nSPS) is 11.0. The third-order valence-electron chi connectivity index (χ3n) is 5.30. The molecule has 0 aliphatic heterocycles. The van der Waals surface area contributed by atoms with Gasteiger partial charge in [-0.3, -0.25) is 10.1 Å². The van der Waals surface area contributed by atoms with Gasteiger partial charge in [0.25, 0.3) is 5.91 Å². The molecule has 1 amide bonds. The number of carbonyl (C=O) groups is 1. The first-order valence-electron chi connectivity index (χ1n) is 10.2. The van der Waals surface area contributed by atoms with Crippen molar-refractivity contribution in [2.24, 2.45) is 0 Å². The molecule has 0 bridgehead atoms. The number of rotatable bonds is 3. The lowest BCUT2D eigenvalue weighted by atomic mass is 10.1. The molecule has 2 N–H and O–H groups in total. The number of hydrogen-bond acceptors (Lipinski definition) is 4. The summed E-state index contributed by atoms with van der Waals surface area (Å²) in [6.45, 7) is 1.90. The average Bonchev–Trinajstić information content (AvgIpc) is 3.21. The molecule has 0 radical (unpaired) electrons. The molecule has 33 heavy (non-hydrogen) atoms. The summed E-state index contributed by atoms with van der Waals surface area (Å²) in [4.78, 5) is 13.9. The predicted molar refractivity (Wildman–Crippen MR) is 131 cm³/mol. The molecular weight excluding hydrogens is 437 g/mol. The smallest absolute Gasteiger partial charge is 0.260 e. The molecule has 1 aromatic heterocycles. The van der Waals surface area contributed by atoms with E-state index in [1.54, 1.807) is 10.9 Å². The summed E-state index contributed by atoms with van der Waals surface area (Å²) in [6.07, 6.45) is 0. The third-order valence-corrected chi connectivity index (χ3v) is 5.51. The van der Waals surface area contributed by atoms with Crippen LogP contribution in [0.4, 0.5) is 10.1 Å². The Hall–Kier alpha value is -4.17. The van der Waals surface area contributed by atoms with E-state index >= 15 is 0 Å². The molecule has 0 aliphatic rings. The molecule has 0 aliphatic carbocycles. The van der Waals surface area contributed by atoms with E-state index in [4.69, 9.17) is 12.2 Å². The molecule has 0 saturated carbocycles. The lowest BCUT2D eigenvalue weighted by molar-refractivity contribution is 0.0974. The van der Waals surface area contributed by atoms with Crippen LogP contribution in [0, 0.1) is 12.7 Å². The van der Waals surface area contributed by atoms with Crippen LogP contribution in [0.2, 0.25) is 0 Å². The molecule has 0 fully saturated rings. The van der Waals surface area contributed by atoms with Gasteiger partial charge < -0.3 is 5.32 Å². The van der Waals surface area contributed by atoms with Gasteiger partial charge in [-0.15, -0.1) is 15.0 Å². The van der Waals surface area contributed by atoms with Crippen molar-refractivity contribution in [2.45, 2.75) is 6.92 Å². The maximum Gasteiger partial charge on any atom is 0.260 e. The molecule has 0 atom stereocenters. The van der Waals surface area contributed by atoms with Gasteiger partial charge in [0.15, 0.2) is 5.11 Å². The standard InChI is InChI=1S/C25H18FN5OS/c1-15-13-21-22(30-31(29-21)23-12-6-8-16-7-2-3-9-17(16)23)14-20(15)27-25(33)28-24(32)18-10-4-5-11-19(18)26/h2-14H,1H3,(H2,27,28,32,33). The first-order valence-corrected chi connectivity index (χ1v) is 10.6. The van der Waals surface area contributed by atoms with Crippen LogP contribution in [0.15, 0.2) is 78.9 Å². The Bertz CT molecular complexity index is 1540. The van der Waals surface area contributed by atoms with E-state index in [1.807, 2.05) is 61.5 Å².